The standard InChI is InChI=1S/C16H17N5OS2/c1-20(2)15(22)12-7-5-11(6-8-12)10-24-16-19-18-14(21(16)17)13-4-3-9-23-13/h3-9H,10,17H2,1-2H3. The highest BCUT2D eigenvalue weighted by atomic mass is 32.2. The molecule has 0 aliphatic carbocycles. The Morgan fingerprint density at radius 3 is 2.62 bits per heavy atom. The number of nitrogens with two attached hydrogens (primary N) is 1. The van der Waals surface area contributed by atoms with E-state index in [1.54, 1.807) is 30.3 Å². The molecule has 0 bridgehead atoms. The minimum absolute atomic E-state index is 0.00325. The van der Waals surface area contributed by atoms with Crippen molar-refractivity contribution in [1.82, 2.24) is 19.8 Å². The van der Waals surface area contributed by atoms with Gasteiger partial charge in [0.15, 0.2) is 5.82 Å². The maximum absolute atomic E-state index is 11.9. The lowest BCUT2D eigenvalue weighted by molar-refractivity contribution is 0.0827. The quantitative estimate of drug-likeness (QED) is 0.560. The first kappa shape index (κ1) is 16.5. The third kappa shape index (κ3) is 3.44. The number of carbonyl (C=O) groups excluding carboxylic acids is 1. The second-order valence-corrected chi connectivity index (χ2v) is 7.23. The number of hydrogen-bond acceptors (Lipinski definition) is 6. The van der Waals surface area contributed by atoms with Gasteiger partial charge in [-0.25, -0.2) is 4.68 Å². The third-order valence-electron chi connectivity index (χ3n) is 3.38. The number of thiophene rings is 1. The van der Waals surface area contributed by atoms with Crippen LogP contribution in [-0.2, 0) is 5.75 Å². The van der Waals surface area contributed by atoms with Crippen molar-refractivity contribution in [2.24, 2.45) is 0 Å². The van der Waals surface area contributed by atoms with E-state index in [0.29, 0.717) is 22.3 Å². The molecule has 6 nitrogen and oxygen atoms in total. The Hall–Kier alpha value is -2.32. The molecular weight excluding hydrogens is 342 g/mol. The van der Waals surface area contributed by atoms with E-state index in [4.69, 9.17) is 5.84 Å². The summed E-state index contributed by atoms with van der Waals surface area (Å²) in [6, 6.07) is 11.5. The average molecular weight is 359 g/mol. The molecule has 1 aromatic carbocycles. The SMILES string of the molecule is CN(C)C(=O)c1ccc(CSc2nnc(-c3cccs3)n2N)cc1. The second kappa shape index (κ2) is 7.06. The number of nitrogen functional groups attached to an aromatic ring is 1. The summed E-state index contributed by atoms with van der Waals surface area (Å²) in [6.45, 7) is 0. The van der Waals surface area contributed by atoms with Gasteiger partial charge in [0.05, 0.1) is 4.88 Å². The number of aromatic nitrogens is 3. The second-order valence-electron chi connectivity index (χ2n) is 5.34. The van der Waals surface area contributed by atoms with Gasteiger partial charge in [0.1, 0.15) is 0 Å². The van der Waals surface area contributed by atoms with Crippen molar-refractivity contribution in [3.63, 3.8) is 0 Å². The molecule has 124 valence electrons. The Labute approximate surface area is 148 Å². The minimum atomic E-state index is -0.00325. The molecule has 0 atom stereocenters. The van der Waals surface area contributed by atoms with Gasteiger partial charge in [-0.05, 0) is 29.1 Å². The zero-order valence-electron chi connectivity index (χ0n) is 13.3. The van der Waals surface area contributed by atoms with Gasteiger partial charge in [0.25, 0.3) is 5.91 Å². The van der Waals surface area contributed by atoms with Gasteiger partial charge in [0, 0.05) is 25.4 Å². The zero-order chi connectivity index (χ0) is 17.1. The normalized spacial score (nSPS) is 10.8. The molecule has 3 aromatic rings. The summed E-state index contributed by atoms with van der Waals surface area (Å²) in [7, 11) is 3.48. The van der Waals surface area contributed by atoms with Crippen LogP contribution in [0, 0.1) is 0 Å². The molecule has 0 aliphatic heterocycles. The molecule has 2 heterocycles. The van der Waals surface area contributed by atoms with E-state index in [9.17, 15) is 4.79 Å². The third-order valence-corrected chi connectivity index (χ3v) is 5.26. The average Bonchev–Trinajstić information content (AvgIpc) is 3.22. The van der Waals surface area contributed by atoms with Crippen molar-refractivity contribution in [3.8, 4) is 10.7 Å². The molecule has 0 saturated heterocycles. The number of benzene rings is 1. The highest BCUT2D eigenvalue weighted by Gasteiger charge is 2.13. The highest BCUT2D eigenvalue weighted by Crippen LogP contribution is 2.26. The van der Waals surface area contributed by atoms with Crippen LogP contribution in [0.5, 0.6) is 0 Å². The number of nitrogens with zero attached hydrogens (tertiary/aromatic N) is 4. The van der Waals surface area contributed by atoms with Crippen molar-refractivity contribution < 1.29 is 4.79 Å². The maximum Gasteiger partial charge on any atom is 0.253 e. The number of hydrogen-bond donors (Lipinski definition) is 1. The fraction of sp³-hybridized carbons (Fsp3) is 0.188. The Balaban J connectivity index is 1.67. The fourth-order valence-corrected chi connectivity index (χ4v) is 3.62. The first-order valence-corrected chi connectivity index (χ1v) is 9.10. The van der Waals surface area contributed by atoms with Crippen LogP contribution in [0.4, 0.5) is 0 Å². The smallest absolute Gasteiger partial charge is 0.253 e. The van der Waals surface area contributed by atoms with Gasteiger partial charge in [-0.2, -0.15) is 0 Å². The summed E-state index contributed by atoms with van der Waals surface area (Å²) in [5.41, 5.74) is 1.77. The summed E-state index contributed by atoms with van der Waals surface area (Å²) in [4.78, 5) is 14.4. The summed E-state index contributed by atoms with van der Waals surface area (Å²) < 4.78 is 1.51. The number of rotatable bonds is 5. The van der Waals surface area contributed by atoms with Crippen LogP contribution in [-0.4, -0.2) is 39.8 Å². The summed E-state index contributed by atoms with van der Waals surface area (Å²) in [6.07, 6.45) is 0. The molecule has 2 N–H and O–H groups in total. The van der Waals surface area contributed by atoms with Crippen LogP contribution in [0.1, 0.15) is 15.9 Å². The molecule has 0 saturated carbocycles. The number of thioether (sulfide) groups is 1. The summed E-state index contributed by atoms with van der Waals surface area (Å²) in [5, 5.41) is 10.9. The van der Waals surface area contributed by atoms with E-state index in [-0.39, 0.29) is 5.91 Å². The predicted molar refractivity (Wildman–Crippen MR) is 97.5 cm³/mol. The van der Waals surface area contributed by atoms with Crippen LogP contribution in [0.3, 0.4) is 0 Å². The molecule has 3 rings (SSSR count). The molecule has 0 unspecified atom stereocenters. The monoisotopic (exact) mass is 359 g/mol. The number of amides is 1. The Morgan fingerprint density at radius 1 is 1.25 bits per heavy atom. The van der Waals surface area contributed by atoms with Crippen molar-refractivity contribution >= 4 is 29.0 Å². The maximum atomic E-state index is 11.9. The highest BCUT2D eigenvalue weighted by molar-refractivity contribution is 7.98. The van der Waals surface area contributed by atoms with Gasteiger partial charge >= 0.3 is 0 Å². The van der Waals surface area contributed by atoms with Crippen molar-refractivity contribution in [3.05, 3.63) is 52.9 Å². The molecular formula is C16H17N5OS2. The Kier molecular flexibility index (Phi) is 4.86. The molecule has 1 amide bonds. The Bertz CT molecular complexity index is 825. The first-order valence-electron chi connectivity index (χ1n) is 7.24. The van der Waals surface area contributed by atoms with Crippen LogP contribution in [0.15, 0.2) is 46.9 Å². The van der Waals surface area contributed by atoms with Crippen LogP contribution < -0.4 is 5.84 Å². The van der Waals surface area contributed by atoms with Crippen molar-refractivity contribution in [2.45, 2.75) is 10.9 Å². The van der Waals surface area contributed by atoms with Crippen LogP contribution in [0.25, 0.3) is 10.7 Å². The van der Waals surface area contributed by atoms with Gasteiger partial charge in [-0.3, -0.25) is 4.79 Å². The lowest BCUT2D eigenvalue weighted by Gasteiger charge is -2.10. The van der Waals surface area contributed by atoms with Gasteiger partial charge in [-0.15, -0.1) is 21.5 Å². The summed E-state index contributed by atoms with van der Waals surface area (Å²) in [5.74, 6) is 7.45. The topological polar surface area (TPSA) is 77.0 Å². The Morgan fingerprint density at radius 2 is 2.00 bits per heavy atom. The van der Waals surface area contributed by atoms with E-state index < -0.39 is 0 Å². The van der Waals surface area contributed by atoms with E-state index in [0.717, 1.165) is 10.4 Å². The molecule has 0 radical (unpaired) electrons. The van der Waals surface area contributed by atoms with E-state index in [1.165, 1.54) is 16.4 Å². The molecule has 0 fully saturated rings. The summed E-state index contributed by atoms with van der Waals surface area (Å²) >= 11 is 3.09. The van der Waals surface area contributed by atoms with Crippen LogP contribution >= 0.6 is 23.1 Å². The molecule has 2 aromatic heterocycles. The van der Waals surface area contributed by atoms with Crippen molar-refractivity contribution in [1.29, 1.82) is 0 Å². The molecule has 0 aliphatic rings. The zero-order valence-corrected chi connectivity index (χ0v) is 15.0. The van der Waals surface area contributed by atoms with Gasteiger partial charge in [0.2, 0.25) is 5.16 Å². The van der Waals surface area contributed by atoms with Crippen LogP contribution in [0.2, 0.25) is 0 Å². The molecule has 8 heteroatoms. The lowest BCUT2D eigenvalue weighted by atomic mass is 10.1. The molecule has 24 heavy (non-hydrogen) atoms. The predicted octanol–water partition coefficient (Wildman–Crippen LogP) is 2.71. The minimum Gasteiger partial charge on any atom is -0.345 e. The fourth-order valence-electron chi connectivity index (χ4n) is 2.10. The van der Waals surface area contributed by atoms with Crippen molar-refractivity contribution in [2.75, 3.05) is 19.9 Å². The van der Waals surface area contributed by atoms with E-state index >= 15 is 0 Å². The van der Waals surface area contributed by atoms with E-state index in [1.807, 2.05) is 41.8 Å². The lowest BCUT2D eigenvalue weighted by Crippen LogP contribution is -2.21. The first-order chi connectivity index (χ1) is 11.6. The van der Waals surface area contributed by atoms with Gasteiger partial charge < -0.3 is 10.7 Å². The largest absolute Gasteiger partial charge is 0.345 e. The van der Waals surface area contributed by atoms with E-state index in [2.05, 4.69) is 10.2 Å². The number of carbonyl (C=O) groups is 1. The molecule has 0 spiro atoms. The van der Waals surface area contributed by atoms with Gasteiger partial charge in [-0.1, -0.05) is 30.0 Å².